The largest absolute Gasteiger partial charge is 0.351 e. The molecule has 3 rings (SSSR count). The van der Waals surface area contributed by atoms with Gasteiger partial charge in [-0.15, -0.1) is 0 Å². The zero-order valence-corrected chi connectivity index (χ0v) is 15.0. The van der Waals surface area contributed by atoms with Crippen molar-refractivity contribution in [2.24, 2.45) is 0 Å². The first-order valence-corrected chi connectivity index (χ1v) is 8.94. The van der Waals surface area contributed by atoms with E-state index in [1.54, 1.807) is 18.2 Å². The summed E-state index contributed by atoms with van der Waals surface area (Å²) in [4.78, 5) is 14.6. The average molecular weight is 361 g/mol. The topological polar surface area (TPSA) is 32.3 Å². The molecule has 3 nitrogen and oxygen atoms in total. The predicted octanol–water partition coefficient (Wildman–Crippen LogP) is 4.32. The maximum Gasteiger partial charge on any atom is 0.234 e. The fourth-order valence-corrected chi connectivity index (χ4v) is 3.33. The molecule has 2 aromatic carbocycles. The predicted molar refractivity (Wildman–Crippen MR) is 97.8 cm³/mol. The Morgan fingerprint density at radius 2 is 1.92 bits per heavy atom. The lowest BCUT2D eigenvalue weighted by Gasteiger charge is -2.29. The van der Waals surface area contributed by atoms with Crippen LogP contribution in [0.4, 0.5) is 4.39 Å². The monoisotopic (exact) mass is 360 g/mol. The lowest BCUT2D eigenvalue weighted by Crippen LogP contribution is -2.39. The Morgan fingerprint density at radius 1 is 1.24 bits per heavy atom. The van der Waals surface area contributed by atoms with Gasteiger partial charge in [0.2, 0.25) is 5.91 Å². The molecule has 0 aliphatic heterocycles. The third kappa shape index (κ3) is 4.59. The molecule has 1 N–H and O–H groups in total. The fourth-order valence-electron chi connectivity index (χ4n) is 3.04. The van der Waals surface area contributed by atoms with Crippen LogP contribution in [0.3, 0.4) is 0 Å². The van der Waals surface area contributed by atoms with Gasteiger partial charge in [-0.2, -0.15) is 0 Å². The highest BCUT2D eigenvalue weighted by Crippen LogP contribution is 2.36. The fraction of sp³-hybridized carbons (Fsp3) is 0.350. The number of hydrogen-bond donors (Lipinski definition) is 1. The molecule has 5 heteroatoms. The second kappa shape index (κ2) is 7.98. The Kier molecular flexibility index (Phi) is 5.71. The van der Waals surface area contributed by atoms with Gasteiger partial charge in [-0.3, -0.25) is 9.69 Å². The number of rotatable bonds is 7. The van der Waals surface area contributed by atoms with Gasteiger partial charge < -0.3 is 5.32 Å². The summed E-state index contributed by atoms with van der Waals surface area (Å²) < 4.78 is 13.7. The van der Waals surface area contributed by atoms with Crippen LogP contribution in [-0.2, 0) is 11.3 Å². The molecule has 0 aromatic heterocycles. The number of benzene rings is 2. The molecule has 1 aliphatic rings. The van der Waals surface area contributed by atoms with Crippen molar-refractivity contribution >= 4 is 17.5 Å². The van der Waals surface area contributed by atoms with E-state index in [-0.39, 0.29) is 30.9 Å². The van der Waals surface area contributed by atoms with Crippen molar-refractivity contribution in [2.75, 3.05) is 6.54 Å². The van der Waals surface area contributed by atoms with Crippen LogP contribution < -0.4 is 5.32 Å². The zero-order chi connectivity index (χ0) is 17.8. The number of carbonyl (C=O) groups is 1. The highest BCUT2D eigenvalue weighted by atomic mass is 35.5. The SMILES string of the molecule is CC(c1ccccc1Cl)N(CC(=O)NCc1ccccc1F)C1CC1. The zero-order valence-electron chi connectivity index (χ0n) is 14.2. The van der Waals surface area contributed by atoms with Crippen LogP contribution >= 0.6 is 11.6 Å². The van der Waals surface area contributed by atoms with Gasteiger partial charge in [0.05, 0.1) is 6.54 Å². The molecule has 0 radical (unpaired) electrons. The molecule has 2 aromatic rings. The van der Waals surface area contributed by atoms with Crippen molar-refractivity contribution in [3.63, 3.8) is 0 Å². The summed E-state index contributed by atoms with van der Waals surface area (Å²) in [6.45, 7) is 2.56. The average Bonchev–Trinajstić information content (AvgIpc) is 3.44. The van der Waals surface area contributed by atoms with E-state index in [9.17, 15) is 9.18 Å². The number of carbonyl (C=O) groups excluding carboxylic acids is 1. The molecule has 0 saturated heterocycles. The summed E-state index contributed by atoms with van der Waals surface area (Å²) in [5.74, 6) is -0.402. The van der Waals surface area contributed by atoms with Gasteiger partial charge in [0.1, 0.15) is 5.82 Å². The summed E-state index contributed by atoms with van der Waals surface area (Å²) in [5, 5.41) is 3.54. The standard InChI is InChI=1S/C20H22ClFN2O/c1-14(17-7-3-4-8-18(17)21)24(16-10-11-16)13-20(25)23-12-15-6-2-5-9-19(15)22/h2-9,14,16H,10-13H2,1H3,(H,23,25). The number of amides is 1. The van der Waals surface area contributed by atoms with E-state index < -0.39 is 0 Å². The third-order valence-electron chi connectivity index (χ3n) is 4.63. The van der Waals surface area contributed by atoms with Gasteiger partial charge in [0.15, 0.2) is 0 Å². The maximum atomic E-state index is 13.7. The Labute approximate surface area is 152 Å². The number of nitrogens with one attached hydrogen (secondary N) is 1. The highest BCUT2D eigenvalue weighted by molar-refractivity contribution is 6.31. The molecule has 25 heavy (non-hydrogen) atoms. The molecule has 0 bridgehead atoms. The summed E-state index contributed by atoms with van der Waals surface area (Å²) in [7, 11) is 0. The molecule has 1 aliphatic carbocycles. The Hall–Kier alpha value is -1.91. The molecule has 1 unspecified atom stereocenters. The van der Waals surface area contributed by atoms with Crippen LogP contribution in [0.2, 0.25) is 5.02 Å². The summed E-state index contributed by atoms with van der Waals surface area (Å²) in [6, 6.07) is 14.7. The summed E-state index contributed by atoms with van der Waals surface area (Å²) >= 11 is 6.31. The van der Waals surface area contributed by atoms with Gasteiger partial charge in [0, 0.05) is 29.2 Å². The van der Waals surface area contributed by atoms with E-state index in [2.05, 4.69) is 17.1 Å². The minimum atomic E-state index is -0.300. The second-order valence-corrected chi connectivity index (χ2v) is 6.88. The molecule has 1 saturated carbocycles. The van der Waals surface area contributed by atoms with Gasteiger partial charge in [-0.1, -0.05) is 48.0 Å². The van der Waals surface area contributed by atoms with Crippen molar-refractivity contribution in [2.45, 2.75) is 38.4 Å². The summed E-state index contributed by atoms with van der Waals surface area (Å²) in [5.41, 5.74) is 1.52. The van der Waals surface area contributed by atoms with Gasteiger partial charge in [-0.05, 0) is 37.5 Å². The van der Waals surface area contributed by atoms with Crippen molar-refractivity contribution in [3.05, 3.63) is 70.5 Å². The van der Waals surface area contributed by atoms with E-state index in [1.807, 2.05) is 24.3 Å². The first kappa shape index (κ1) is 17.9. The van der Waals surface area contributed by atoms with E-state index >= 15 is 0 Å². The van der Waals surface area contributed by atoms with Crippen molar-refractivity contribution in [3.8, 4) is 0 Å². The van der Waals surface area contributed by atoms with Crippen LogP contribution in [-0.4, -0.2) is 23.4 Å². The molecular formula is C20H22ClFN2O. The van der Waals surface area contributed by atoms with E-state index in [0.717, 1.165) is 18.4 Å². The first-order chi connectivity index (χ1) is 12.1. The lowest BCUT2D eigenvalue weighted by atomic mass is 10.1. The van der Waals surface area contributed by atoms with Crippen molar-refractivity contribution in [1.29, 1.82) is 0 Å². The van der Waals surface area contributed by atoms with Gasteiger partial charge in [0.25, 0.3) is 0 Å². The Balaban J connectivity index is 1.63. The normalized spacial score (nSPS) is 15.2. The van der Waals surface area contributed by atoms with E-state index in [4.69, 9.17) is 11.6 Å². The Morgan fingerprint density at radius 3 is 2.60 bits per heavy atom. The minimum Gasteiger partial charge on any atom is -0.351 e. The van der Waals surface area contributed by atoms with E-state index in [1.165, 1.54) is 6.07 Å². The van der Waals surface area contributed by atoms with Crippen LogP contribution in [0.15, 0.2) is 48.5 Å². The van der Waals surface area contributed by atoms with Crippen molar-refractivity contribution < 1.29 is 9.18 Å². The minimum absolute atomic E-state index is 0.0559. The van der Waals surface area contributed by atoms with Crippen LogP contribution in [0, 0.1) is 5.82 Å². The lowest BCUT2D eigenvalue weighted by molar-refractivity contribution is -0.123. The first-order valence-electron chi connectivity index (χ1n) is 8.56. The third-order valence-corrected chi connectivity index (χ3v) is 4.97. The van der Waals surface area contributed by atoms with Crippen LogP contribution in [0.25, 0.3) is 0 Å². The smallest absolute Gasteiger partial charge is 0.234 e. The molecule has 1 fully saturated rings. The summed E-state index contributed by atoms with van der Waals surface area (Å²) in [6.07, 6.45) is 2.19. The molecular weight excluding hydrogens is 339 g/mol. The van der Waals surface area contributed by atoms with E-state index in [0.29, 0.717) is 16.6 Å². The molecule has 1 amide bonds. The molecule has 132 valence electrons. The second-order valence-electron chi connectivity index (χ2n) is 6.47. The van der Waals surface area contributed by atoms with Gasteiger partial charge >= 0.3 is 0 Å². The molecule has 0 heterocycles. The van der Waals surface area contributed by atoms with Crippen LogP contribution in [0.5, 0.6) is 0 Å². The number of hydrogen-bond acceptors (Lipinski definition) is 2. The molecule has 0 spiro atoms. The Bertz CT molecular complexity index is 748. The maximum absolute atomic E-state index is 13.7. The molecule has 1 atom stereocenters. The van der Waals surface area contributed by atoms with Crippen LogP contribution in [0.1, 0.15) is 36.9 Å². The van der Waals surface area contributed by atoms with Gasteiger partial charge in [-0.25, -0.2) is 4.39 Å². The highest BCUT2D eigenvalue weighted by Gasteiger charge is 2.34. The number of halogens is 2. The van der Waals surface area contributed by atoms with Crippen molar-refractivity contribution in [1.82, 2.24) is 10.2 Å². The number of nitrogens with zero attached hydrogens (tertiary/aromatic N) is 1. The quantitative estimate of drug-likeness (QED) is 0.797.